The number of aromatic hydroxyl groups is 2. The molecule has 2 heterocycles. The lowest BCUT2D eigenvalue weighted by atomic mass is 9.77. The smallest absolute Gasteiger partial charge is 0.340 e. The third-order valence-electron chi connectivity index (χ3n) is 5.18. The van der Waals surface area contributed by atoms with Crippen molar-refractivity contribution in [3.8, 4) is 23.0 Å². The normalized spacial score (nSPS) is 14.2. The lowest BCUT2D eigenvalue weighted by molar-refractivity contribution is -0.134. The molecule has 5 rings (SSSR count). The van der Waals surface area contributed by atoms with Crippen LogP contribution >= 0.6 is 0 Å². The molecule has 2 N–H and O–H groups in total. The molecule has 7 nitrogen and oxygen atoms in total. The number of esters is 1. The highest BCUT2D eigenvalue weighted by Gasteiger charge is 2.53. The summed E-state index contributed by atoms with van der Waals surface area (Å²) in [6, 6.07) is 16.6. The van der Waals surface area contributed by atoms with Crippen molar-refractivity contribution in [2.24, 2.45) is 0 Å². The van der Waals surface area contributed by atoms with Gasteiger partial charge in [0.1, 0.15) is 23.0 Å². The number of carbonyl (C=O) groups excluding carboxylic acids is 3. The maximum atomic E-state index is 12.5. The largest absolute Gasteiger partial charge is 0.508 e. The van der Waals surface area contributed by atoms with Gasteiger partial charge in [0.05, 0.1) is 5.56 Å². The van der Waals surface area contributed by atoms with Crippen molar-refractivity contribution in [3.05, 3.63) is 82.9 Å². The number of carbonyl (C=O) groups is 3. The molecule has 0 saturated carbocycles. The van der Waals surface area contributed by atoms with Crippen molar-refractivity contribution in [1.29, 1.82) is 0 Å². The van der Waals surface area contributed by atoms with Crippen LogP contribution in [0.4, 0.5) is 0 Å². The van der Waals surface area contributed by atoms with Gasteiger partial charge in [-0.25, -0.2) is 4.79 Å². The summed E-state index contributed by atoms with van der Waals surface area (Å²) in [4.78, 5) is 32.1. The summed E-state index contributed by atoms with van der Waals surface area (Å²) in [5.41, 5.74) is 1.28. The van der Waals surface area contributed by atoms with Crippen LogP contribution in [0.25, 0.3) is 0 Å². The van der Waals surface area contributed by atoms with Crippen molar-refractivity contribution in [3.63, 3.8) is 0 Å². The van der Waals surface area contributed by atoms with Crippen LogP contribution in [0.5, 0.6) is 23.0 Å². The van der Waals surface area contributed by atoms with Gasteiger partial charge in [-0.15, -0.1) is 0 Å². The molecule has 0 atom stereocenters. The first-order valence-electron chi connectivity index (χ1n) is 9.43. The zero-order valence-corrected chi connectivity index (χ0v) is 16.7. The number of ketones is 2. The predicted molar refractivity (Wildman–Crippen MR) is 109 cm³/mol. The van der Waals surface area contributed by atoms with Gasteiger partial charge in [0.25, 0.3) is 0 Å². The molecule has 0 radical (unpaired) electrons. The van der Waals surface area contributed by atoms with Gasteiger partial charge < -0.3 is 19.7 Å². The van der Waals surface area contributed by atoms with Gasteiger partial charge in [-0.2, -0.15) is 0 Å². The van der Waals surface area contributed by atoms with Gasteiger partial charge in [-0.05, 0) is 30.3 Å². The second kappa shape index (κ2) is 7.28. The average Bonchev–Trinajstić information content (AvgIpc) is 3.01. The summed E-state index contributed by atoms with van der Waals surface area (Å²) in [7, 11) is 0. The van der Waals surface area contributed by atoms with E-state index in [0.29, 0.717) is 33.8 Å². The van der Waals surface area contributed by atoms with Crippen LogP contribution in [-0.4, -0.2) is 27.7 Å². The summed E-state index contributed by atoms with van der Waals surface area (Å²) in [6.07, 6.45) is 0. The number of phenols is 2. The predicted octanol–water partition coefficient (Wildman–Crippen LogP) is 3.83. The molecule has 0 aliphatic carbocycles. The molecule has 3 aromatic rings. The number of ether oxygens (including phenoxy) is 2. The minimum atomic E-state index is -1.17. The topological polar surface area (TPSA) is 110 Å². The fraction of sp³-hybridized carbons (Fsp3) is 0.125. The van der Waals surface area contributed by atoms with E-state index < -0.39 is 11.6 Å². The Morgan fingerprint density at radius 1 is 0.774 bits per heavy atom. The molecular weight excluding hydrogens is 400 g/mol. The van der Waals surface area contributed by atoms with Crippen LogP contribution in [0.1, 0.15) is 40.9 Å². The monoisotopic (exact) mass is 418 g/mol. The van der Waals surface area contributed by atoms with Crippen LogP contribution in [0, 0.1) is 0 Å². The van der Waals surface area contributed by atoms with E-state index in [1.54, 1.807) is 24.3 Å². The SMILES string of the molecule is CC(=O)C(C)=O.O=C1OC2(c3ccc(O)cc3Oc3cc(O)ccc32)c2ccccc21. The maximum absolute atomic E-state index is 12.5. The van der Waals surface area contributed by atoms with E-state index in [1.165, 1.54) is 38.1 Å². The highest BCUT2D eigenvalue weighted by molar-refractivity contribution is 6.35. The average molecular weight is 418 g/mol. The first-order valence-corrected chi connectivity index (χ1v) is 9.43. The van der Waals surface area contributed by atoms with Crippen molar-refractivity contribution >= 4 is 17.5 Å². The molecule has 1 spiro atoms. The number of phenolic OH excluding ortho intramolecular Hbond substituents is 2. The van der Waals surface area contributed by atoms with E-state index in [1.807, 2.05) is 12.1 Å². The molecule has 0 aromatic heterocycles. The summed E-state index contributed by atoms with van der Waals surface area (Å²) in [5.74, 6) is -0.351. The van der Waals surface area contributed by atoms with Gasteiger partial charge in [-0.1, -0.05) is 18.2 Å². The molecule has 3 aromatic carbocycles. The molecule has 0 fully saturated rings. The number of fused-ring (bicyclic) bond motifs is 6. The van der Waals surface area contributed by atoms with E-state index in [2.05, 4.69) is 0 Å². The van der Waals surface area contributed by atoms with Crippen LogP contribution in [0.3, 0.4) is 0 Å². The zero-order chi connectivity index (χ0) is 22.3. The number of benzene rings is 3. The van der Waals surface area contributed by atoms with Crippen LogP contribution in [0.15, 0.2) is 60.7 Å². The van der Waals surface area contributed by atoms with Crippen LogP contribution < -0.4 is 4.74 Å². The molecule has 0 unspecified atom stereocenters. The van der Waals surface area contributed by atoms with Crippen molar-refractivity contribution in [2.75, 3.05) is 0 Å². The highest BCUT2D eigenvalue weighted by Crippen LogP contribution is 2.56. The second-order valence-corrected chi connectivity index (χ2v) is 7.19. The lowest BCUT2D eigenvalue weighted by Gasteiger charge is -2.36. The standard InChI is InChI=1S/C20H12O5.C4H6O2/c21-11-5-7-15-17(9-11)24-18-10-12(22)6-8-16(18)20(15)14-4-2-1-3-13(14)19(23)25-20;1-3(5)4(2)6/h1-10,21-22H;1-2H3. The second-order valence-electron chi connectivity index (χ2n) is 7.19. The van der Waals surface area contributed by atoms with E-state index in [4.69, 9.17) is 9.47 Å². The summed E-state index contributed by atoms with van der Waals surface area (Å²) in [6.45, 7) is 2.50. The number of hydrogen-bond acceptors (Lipinski definition) is 7. The van der Waals surface area contributed by atoms with Crippen molar-refractivity contribution < 1.29 is 34.1 Å². The Hall–Kier alpha value is -4.13. The fourth-order valence-corrected chi connectivity index (χ4v) is 3.65. The third-order valence-corrected chi connectivity index (χ3v) is 5.18. The zero-order valence-electron chi connectivity index (χ0n) is 16.7. The van der Waals surface area contributed by atoms with Gasteiger partial charge >= 0.3 is 5.97 Å². The Kier molecular flexibility index (Phi) is 4.74. The number of rotatable bonds is 1. The first-order chi connectivity index (χ1) is 14.7. The third kappa shape index (κ3) is 3.20. The van der Waals surface area contributed by atoms with Gasteiger partial charge in [0.15, 0.2) is 17.2 Å². The Labute approximate surface area is 177 Å². The number of Topliss-reactive ketones (excluding diaryl/α,β-unsaturated/α-hetero) is 2. The lowest BCUT2D eigenvalue weighted by Crippen LogP contribution is -2.32. The van der Waals surface area contributed by atoms with E-state index in [0.717, 1.165) is 0 Å². The summed E-state index contributed by atoms with van der Waals surface area (Å²) < 4.78 is 11.8. The van der Waals surface area contributed by atoms with Gasteiger partial charge in [0, 0.05) is 42.7 Å². The Morgan fingerprint density at radius 2 is 1.29 bits per heavy atom. The molecule has 31 heavy (non-hydrogen) atoms. The molecule has 156 valence electrons. The Morgan fingerprint density at radius 3 is 1.81 bits per heavy atom. The molecule has 0 bridgehead atoms. The molecule has 7 heteroatoms. The van der Waals surface area contributed by atoms with Crippen LogP contribution in [0.2, 0.25) is 0 Å². The minimum Gasteiger partial charge on any atom is -0.508 e. The summed E-state index contributed by atoms with van der Waals surface area (Å²) in [5, 5.41) is 19.7. The van der Waals surface area contributed by atoms with Gasteiger partial charge in [0.2, 0.25) is 0 Å². The van der Waals surface area contributed by atoms with Gasteiger partial charge in [-0.3, -0.25) is 9.59 Å². The fourth-order valence-electron chi connectivity index (χ4n) is 3.65. The molecule has 0 amide bonds. The van der Waals surface area contributed by atoms with Crippen LogP contribution in [-0.2, 0) is 19.9 Å². The quantitative estimate of drug-likeness (QED) is 0.456. The summed E-state index contributed by atoms with van der Waals surface area (Å²) >= 11 is 0. The van der Waals surface area contributed by atoms with E-state index >= 15 is 0 Å². The van der Waals surface area contributed by atoms with Crippen molar-refractivity contribution in [2.45, 2.75) is 19.4 Å². The van der Waals surface area contributed by atoms with E-state index in [-0.39, 0.29) is 23.1 Å². The highest BCUT2D eigenvalue weighted by atomic mass is 16.6. The first kappa shape index (κ1) is 20.2. The van der Waals surface area contributed by atoms with Crippen molar-refractivity contribution in [1.82, 2.24) is 0 Å². The maximum Gasteiger partial charge on any atom is 0.340 e. The Bertz CT molecular complexity index is 1180. The molecule has 0 saturated heterocycles. The number of hydrogen-bond donors (Lipinski definition) is 2. The van der Waals surface area contributed by atoms with E-state index in [9.17, 15) is 24.6 Å². The molecule has 2 aliphatic rings. The molecule has 2 aliphatic heterocycles. The molecular formula is C24H18O7. The Balaban J connectivity index is 0.000000342. The minimum absolute atomic E-state index is 0.0371.